The van der Waals surface area contributed by atoms with Gasteiger partial charge in [-0.3, -0.25) is 14.4 Å². The van der Waals surface area contributed by atoms with Crippen LogP contribution in [0.4, 0.5) is 4.39 Å². The lowest BCUT2D eigenvalue weighted by atomic mass is 9.93. The van der Waals surface area contributed by atoms with Crippen LogP contribution in [0.15, 0.2) is 33.8 Å². The average molecular weight is 455 g/mol. The summed E-state index contributed by atoms with van der Waals surface area (Å²) in [6, 6.07) is 5.21. The number of nitrogens with zero attached hydrogens (tertiary/aromatic N) is 2. The number of hydrogen-bond donors (Lipinski definition) is 1. The Kier molecular flexibility index (Phi) is 6.57. The number of nitrogens with one attached hydrogen (secondary N) is 1. The number of ether oxygens (including phenoxy) is 1. The molecule has 0 unspecified atom stereocenters. The van der Waals surface area contributed by atoms with Crippen molar-refractivity contribution in [1.82, 2.24) is 10.3 Å². The summed E-state index contributed by atoms with van der Waals surface area (Å²) in [5.74, 6) is -0.544. The van der Waals surface area contributed by atoms with Crippen molar-refractivity contribution in [3.63, 3.8) is 0 Å². The number of carbonyl (C=O) groups is 3. The number of amides is 2. The lowest BCUT2D eigenvalue weighted by Crippen LogP contribution is -2.40. The van der Waals surface area contributed by atoms with Crippen molar-refractivity contribution in [3.05, 3.63) is 58.3 Å². The minimum absolute atomic E-state index is 0.187. The molecule has 0 atom stereocenters. The first-order valence-electron chi connectivity index (χ1n) is 11.0. The Balaban J connectivity index is 1.50. The molecule has 0 spiro atoms. The summed E-state index contributed by atoms with van der Waals surface area (Å²) in [7, 11) is 1.37. The number of methoxy groups -OCH3 is 1. The first-order valence-corrected chi connectivity index (χ1v) is 11.0. The second-order valence-corrected chi connectivity index (χ2v) is 8.30. The second-order valence-electron chi connectivity index (χ2n) is 8.30. The minimum Gasteiger partial charge on any atom is -0.469 e. The summed E-state index contributed by atoms with van der Waals surface area (Å²) in [4.78, 5) is 38.9. The van der Waals surface area contributed by atoms with E-state index in [4.69, 9.17) is 9.15 Å². The van der Waals surface area contributed by atoms with E-state index in [1.165, 1.54) is 31.4 Å². The number of furan rings is 1. The van der Waals surface area contributed by atoms with Crippen LogP contribution in [0.2, 0.25) is 0 Å². The van der Waals surface area contributed by atoms with E-state index in [2.05, 4.69) is 10.5 Å². The van der Waals surface area contributed by atoms with Crippen LogP contribution in [0.25, 0.3) is 0 Å². The van der Waals surface area contributed by atoms with Gasteiger partial charge in [-0.1, -0.05) is 0 Å². The predicted octanol–water partition coefficient (Wildman–Crippen LogP) is 3.22. The van der Waals surface area contributed by atoms with Crippen molar-refractivity contribution >= 4 is 23.5 Å². The van der Waals surface area contributed by atoms with Crippen LogP contribution in [-0.4, -0.2) is 48.6 Å². The summed E-state index contributed by atoms with van der Waals surface area (Å²) >= 11 is 0. The molecular weight excluding hydrogens is 429 g/mol. The smallest absolute Gasteiger partial charge is 0.308 e. The largest absolute Gasteiger partial charge is 0.469 e. The first kappa shape index (κ1) is 22.7. The van der Waals surface area contributed by atoms with Gasteiger partial charge in [-0.15, -0.1) is 0 Å². The van der Waals surface area contributed by atoms with Gasteiger partial charge >= 0.3 is 5.97 Å². The predicted molar refractivity (Wildman–Crippen MR) is 117 cm³/mol. The zero-order chi connectivity index (χ0) is 23.5. The van der Waals surface area contributed by atoms with Crippen molar-refractivity contribution < 1.29 is 27.9 Å². The van der Waals surface area contributed by atoms with E-state index in [1.807, 2.05) is 6.92 Å². The van der Waals surface area contributed by atoms with Gasteiger partial charge in [0.05, 0.1) is 18.7 Å². The lowest BCUT2D eigenvalue weighted by Gasteiger charge is -2.30. The number of fused-ring (bicyclic) bond motifs is 1. The minimum atomic E-state index is -0.444. The fourth-order valence-corrected chi connectivity index (χ4v) is 4.40. The van der Waals surface area contributed by atoms with Gasteiger partial charge in [-0.2, -0.15) is 5.10 Å². The normalized spacial score (nSPS) is 17.5. The van der Waals surface area contributed by atoms with Crippen molar-refractivity contribution in [2.24, 2.45) is 11.0 Å². The Labute approximate surface area is 190 Å². The molecule has 1 N–H and O–H groups in total. The van der Waals surface area contributed by atoms with Gasteiger partial charge in [0, 0.05) is 36.2 Å². The summed E-state index contributed by atoms with van der Waals surface area (Å²) in [6.07, 6.45) is 3.21. The number of hydrazone groups is 1. The molecule has 1 aromatic carbocycles. The number of likely N-dealkylation sites (tertiary alicyclic amines) is 1. The van der Waals surface area contributed by atoms with E-state index in [1.54, 1.807) is 4.90 Å². The van der Waals surface area contributed by atoms with Gasteiger partial charge in [0.2, 0.25) is 0 Å². The first-order chi connectivity index (χ1) is 15.9. The van der Waals surface area contributed by atoms with E-state index in [0.29, 0.717) is 61.4 Å². The molecule has 0 saturated carbocycles. The molecule has 174 valence electrons. The highest BCUT2D eigenvalue weighted by Crippen LogP contribution is 2.31. The van der Waals surface area contributed by atoms with Crippen molar-refractivity contribution in [2.75, 3.05) is 20.2 Å². The van der Waals surface area contributed by atoms with Crippen LogP contribution in [0.3, 0.4) is 0 Å². The monoisotopic (exact) mass is 455 g/mol. The fourth-order valence-electron chi connectivity index (χ4n) is 4.40. The molecule has 2 aliphatic rings. The zero-order valence-corrected chi connectivity index (χ0v) is 18.7. The molecule has 1 aliphatic heterocycles. The molecule has 1 fully saturated rings. The topological polar surface area (TPSA) is 101 Å². The lowest BCUT2D eigenvalue weighted by molar-refractivity contribution is -0.146. The highest BCUT2D eigenvalue weighted by atomic mass is 19.1. The molecule has 1 aliphatic carbocycles. The number of hydrogen-bond acceptors (Lipinski definition) is 6. The van der Waals surface area contributed by atoms with Crippen LogP contribution in [0, 0.1) is 18.7 Å². The summed E-state index contributed by atoms with van der Waals surface area (Å²) in [6.45, 7) is 2.73. The van der Waals surface area contributed by atoms with E-state index in [-0.39, 0.29) is 23.6 Å². The van der Waals surface area contributed by atoms with Crippen LogP contribution in [0.5, 0.6) is 0 Å². The number of rotatable bonds is 4. The third-order valence-electron chi connectivity index (χ3n) is 6.24. The van der Waals surface area contributed by atoms with E-state index >= 15 is 0 Å². The maximum atomic E-state index is 13.1. The zero-order valence-electron chi connectivity index (χ0n) is 18.7. The Morgan fingerprint density at radius 1 is 1.15 bits per heavy atom. The molecule has 2 amide bonds. The quantitative estimate of drug-likeness (QED) is 0.564. The molecule has 0 bridgehead atoms. The SMILES string of the molecule is COC(=O)C1CCN(C(=O)c2oc3c(c2C)/C(=N/NC(=O)c2ccc(F)cc2)CCC3)CC1. The maximum Gasteiger partial charge on any atom is 0.308 e. The molecule has 0 radical (unpaired) electrons. The number of carbonyl (C=O) groups excluding carboxylic acids is 3. The molecule has 1 saturated heterocycles. The molecule has 2 heterocycles. The van der Waals surface area contributed by atoms with Crippen LogP contribution < -0.4 is 5.43 Å². The number of aryl methyl sites for hydroxylation is 1. The molecule has 1 aromatic heterocycles. The number of esters is 1. The van der Waals surface area contributed by atoms with Gasteiger partial charge < -0.3 is 14.1 Å². The standard InChI is InChI=1S/C24H26FN3O5/c1-14-20-18(26-27-22(29)15-6-8-17(25)9-7-15)4-3-5-19(20)33-21(14)23(30)28-12-10-16(11-13-28)24(31)32-2/h6-9,16H,3-5,10-13H2,1-2H3,(H,27,29)/b26-18+. The highest BCUT2D eigenvalue weighted by molar-refractivity contribution is 6.07. The van der Waals surface area contributed by atoms with Gasteiger partial charge in [0.15, 0.2) is 5.76 Å². The highest BCUT2D eigenvalue weighted by Gasteiger charge is 2.33. The Bertz CT molecular complexity index is 1100. The second kappa shape index (κ2) is 9.56. The van der Waals surface area contributed by atoms with Gasteiger partial charge in [-0.05, 0) is 56.9 Å². The Hall–Kier alpha value is -3.49. The summed E-state index contributed by atoms with van der Waals surface area (Å²) in [5.41, 5.74) is 4.92. The van der Waals surface area contributed by atoms with Crippen molar-refractivity contribution in [2.45, 2.75) is 39.0 Å². The van der Waals surface area contributed by atoms with E-state index in [0.717, 1.165) is 12.0 Å². The van der Waals surface area contributed by atoms with Gasteiger partial charge in [0.1, 0.15) is 11.6 Å². The van der Waals surface area contributed by atoms with Gasteiger partial charge in [0.25, 0.3) is 11.8 Å². The Morgan fingerprint density at radius 3 is 2.52 bits per heavy atom. The number of piperidine rings is 1. The van der Waals surface area contributed by atoms with Crippen LogP contribution in [0.1, 0.15) is 63.5 Å². The van der Waals surface area contributed by atoms with Crippen molar-refractivity contribution in [3.8, 4) is 0 Å². The third kappa shape index (κ3) is 4.67. The molecule has 2 aromatic rings. The van der Waals surface area contributed by atoms with Gasteiger partial charge in [-0.25, -0.2) is 9.82 Å². The Morgan fingerprint density at radius 2 is 1.85 bits per heavy atom. The molecular formula is C24H26FN3O5. The third-order valence-corrected chi connectivity index (χ3v) is 6.24. The number of halogens is 1. The number of benzene rings is 1. The molecule has 4 rings (SSSR count). The summed E-state index contributed by atoms with van der Waals surface area (Å²) in [5, 5.41) is 4.30. The van der Waals surface area contributed by atoms with Crippen LogP contribution >= 0.6 is 0 Å². The molecule has 8 nitrogen and oxygen atoms in total. The van der Waals surface area contributed by atoms with E-state index < -0.39 is 11.7 Å². The summed E-state index contributed by atoms with van der Waals surface area (Å²) < 4.78 is 23.9. The molecule has 9 heteroatoms. The van der Waals surface area contributed by atoms with Crippen molar-refractivity contribution in [1.29, 1.82) is 0 Å². The van der Waals surface area contributed by atoms with Crippen LogP contribution in [-0.2, 0) is 16.0 Å². The fraction of sp³-hybridized carbons (Fsp3) is 0.417. The molecule has 33 heavy (non-hydrogen) atoms. The van der Waals surface area contributed by atoms with E-state index in [9.17, 15) is 18.8 Å². The average Bonchev–Trinajstić information content (AvgIpc) is 3.19. The maximum absolute atomic E-state index is 13.1.